The molecule has 1 unspecified atom stereocenters. The lowest BCUT2D eigenvalue weighted by atomic mass is 10.0. The fraction of sp³-hybridized carbons (Fsp3) is 0.294. The second-order valence-electron chi connectivity index (χ2n) is 6.08. The maximum Gasteiger partial charge on any atom is 0.280 e. The van der Waals surface area contributed by atoms with E-state index in [0.717, 1.165) is 10.9 Å². The lowest BCUT2D eigenvalue weighted by Crippen LogP contribution is -2.55. The highest BCUT2D eigenvalue weighted by molar-refractivity contribution is 5.80. The van der Waals surface area contributed by atoms with Gasteiger partial charge in [-0.05, 0) is 30.7 Å². The molecule has 25 heavy (non-hydrogen) atoms. The van der Waals surface area contributed by atoms with Crippen LogP contribution in [-0.4, -0.2) is 45.0 Å². The van der Waals surface area contributed by atoms with Crippen LogP contribution in [0.4, 0.5) is 14.7 Å². The van der Waals surface area contributed by atoms with Crippen LogP contribution in [0.2, 0.25) is 0 Å². The number of aromatic nitrogens is 4. The number of nitrogens with two attached hydrogens (primary N) is 1. The van der Waals surface area contributed by atoms with E-state index in [2.05, 4.69) is 19.9 Å². The van der Waals surface area contributed by atoms with Gasteiger partial charge in [-0.25, -0.2) is 23.7 Å². The zero-order valence-electron chi connectivity index (χ0n) is 13.3. The first-order valence-corrected chi connectivity index (χ1v) is 7.95. The first kappa shape index (κ1) is 15.8. The first-order chi connectivity index (χ1) is 12.0. The van der Waals surface area contributed by atoms with Crippen LogP contribution in [0.5, 0.6) is 0 Å². The maximum atomic E-state index is 13.9. The summed E-state index contributed by atoms with van der Waals surface area (Å²) in [5.74, 6) is -2.69. The molecule has 0 aliphatic carbocycles. The molecule has 1 fully saturated rings. The molecule has 3 aromatic rings. The summed E-state index contributed by atoms with van der Waals surface area (Å²) in [6.45, 7) is -0.0779. The van der Waals surface area contributed by atoms with E-state index in [1.54, 1.807) is 24.7 Å². The number of rotatable bonds is 2. The molecule has 3 aromatic heterocycles. The quantitative estimate of drug-likeness (QED) is 0.769. The number of fused-ring (bicyclic) bond motifs is 1. The van der Waals surface area contributed by atoms with E-state index in [-0.39, 0.29) is 12.4 Å². The van der Waals surface area contributed by atoms with Crippen molar-refractivity contribution in [2.45, 2.75) is 18.4 Å². The summed E-state index contributed by atoms with van der Waals surface area (Å²) in [6, 6.07) is 6.14. The molecule has 0 saturated carbocycles. The summed E-state index contributed by atoms with van der Waals surface area (Å²) in [4.78, 5) is 18.7. The Bertz CT molecular complexity index is 916. The standard InChI is InChI=1S/C17H16F2N6/c18-17(19)10-25(8-5-15(17)20)16-22-7-4-14(24-16)13-2-1-11-9-21-6-3-12(11)23-13/h1-4,6-7,9,15H,5,8,10,20H2. The van der Waals surface area contributed by atoms with Crippen LogP contribution in [0, 0.1) is 0 Å². The maximum absolute atomic E-state index is 13.9. The fourth-order valence-electron chi connectivity index (χ4n) is 2.88. The summed E-state index contributed by atoms with van der Waals surface area (Å²) in [5.41, 5.74) is 7.53. The largest absolute Gasteiger partial charge is 0.335 e. The van der Waals surface area contributed by atoms with Crippen molar-refractivity contribution >= 4 is 16.9 Å². The molecule has 4 rings (SSSR count). The van der Waals surface area contributed by atoms with Crippen molar-refractivity contribution in [1.82, 2.24) is 19.9 Å². The molecule has 1 saturated heterocycles. The number of pyridine rings is 2. The lowest BCUT2D eigenvalue weighted by molar-refractivity contribution is -0.0303. The molecule has 0 radical (unpaired) electrons. The van der Waals surface area contributed by atoms with Crippen molar-refractivity contribution in [2.75, 3.05) is 18.0 Å². The van der Waals surface area contributed by atoms with Crippen molar-refractivity contribution < 1.29 is 8.78 Å². The third kappa shape index (κ3) is 3.00. The van der Waals surface area contributed by atoms with E-state index >= 15 is 0 Å². The Labute approximate surface area is 142 Å². The minimum Gasteiger partial charge on any atom is -0.335 e. The van der Waals surface area contributed by atoms with Gasteiger partial charge >= 0.3 is 0 Å². The molecule has 0 amide bonds. The van der Waals surface area contributed by atoms with Gasteiger partial charge in [0.25, 0.3) is 5.92 Å². The van der Waals surface area contributed by atoms with Crippen molar-refractivity contribution in [3.63, 3.8) is 0 Å². The lowest BCUT2D eigenvalue weighted by Gasteiger charge is -2.36. The van der Waals surface area contributed by atoms with Gasteiger partial charge < -0.3 is 10.6 Å². The van der Waals surface area contributed by atoms with Crippen LogP contribution in [0.25, 0.3) is 22.3 Å². The topological polar surface area (TPSA) is 80.8 Å². The number of anilines is 1. The monoisotopic (exact) mass is 342 g/mol. The number of hydrogen-bond acceptors (Lipinski definition) is 6. The summed E-state index contributed by atoms with van der Waals surface area (Å²) in [5, 5.41) is 0.921. The number of nitrogens with zero attached hydrogens (tertiary/aromatic N) is 5. The van der Waals surface area contributed by atoms with Gasteiger partial charge in [-0.3, -0.25) is 4.98 Å². The molecule has 2 N–H and O–H groups in total. The smallest absolute Gasteiger partial charge is 0.280 e. The summed E-state index contributed by atoms with van der Waals surface area (Å²) >= 11 is 0. The Balaban J connectivity index is 1.67. The van der Waals surface area contributed by atoms with E-state index in [9.17, 15) is 8.78 Å². The summed E-state index contributed by atoms with van der Waals surface area (Å²) < 4.78 is 27.8. The predicted octanol–water partition coefficient (Wildman–Crippen LogP) is 2.26. The van der Waals surface area contributed by atoms with Crippen molar-refractivity contribution in [3.8, 4) is 11.4 Å². The van der Waals surface area contributed by atoms with Crippen LogP contribution >= 0.6 is 0 Å². The molecular weight excluding hydrogens is 326 g/mol. The van der Waals surface area contributed by atoms with Crippen LogP contribution in [-0.2, 0) is 0 Å². The second-order valence-corrected chi connectivity index (χ2v) is 6.08. The zero-order chi connectivity index (χ0) is 17.4. The van der Waals surface area contributed by atoms with Gasteiger partial charge in [0.2, 0.25) is 5.95 Å². The number of hydrogen-bond donors (Lipinski definition) is 1. The van der Waals surface area contributed by atoms with Gasteiger partial charge in [0, 0.05) is 30.5 Å². The van der Waals surface area contributed by atoms with Crippen LogP contribution in [0.3, 0.4) is 0 Å². The zero-order valence-corrected chi connectivity index (χ0v) is 13.3. The highest BCUT2D eigenvalue weighted by atomic mass is 19.3. The van der Waals surface area contributed by atoms with Crippen LogP contribution < -0.4 is 10.6 Å². The molecule has 0 spiro atoms. The average molecular weight is 342 g/mol. The minimum absolute atomic E-state index is 0.196. The second kappa shape index (κ2) is 5.96. The summed E-state index contributed by atoms with van der Waals surface area (Å²) in [7, 11) is 0. The number of piperidine rings is 1. The molecule has 0 aromatic carbocycles. The molecule has 4 heterocycles. The van der Waals surface area contributed by atoms with Crippen molar-refractivity contribution in [2.24, 2.45) is 5.73 Å². The van der Waals surface area contributed by atoms with E-state index in [1.165, 1.54) is 4.90 Å². The Kier molecular flexibility index (Phi) is 3.76. The molecule has 0 bridgehead atoms. The van der Waals surface area contributed by atoms with Crippen molar-refractivity contribution in [3.05, 3.63) is 42.9 Å². The van der Waals surface area contributed by atoms with Crippen LogP contribution in [0.1, 0.15) is 6.42 Å². The molecule has 1 aliphatic rings. The number of halogens is 2. The highest BCUT2D eigenvalue weighted by Crippen LogP contribution is 2.28. The van der Waals surface area contributed by atoms with Gasteiger partial charge in [-0.15, -0.1) is 0 Å². The third-order valence-electron chi connectivity index (χ3n) is 4.33. The summed E-state index contributed by atoms with van der Waals surface area (Å²) in [6.07, 6.45) is 5.16. The Morgan fingerprint density at radius 3 is 2.76 bits per heavy atom. The average Bonchev–Trinajstić information content (AvgIpc) is 2.63. The van der Waals surface area contributed by atoms with Gasteiger partial charge in [0.1, 0.15) is 0 Å². The highest BCUT2D eigenvalue weighted by Gasteiger charge is 2.43. The van der Waals surface area contributed by atoms with E-state index in [0.29, 0.717) is 17.9 Å². The number of alkyl halides is 2. The van der Waals surface area contributed by atoms with E-state index in [4.69, 9.17) is 5.73 Å². The van der Waals surface area contributed by atoms with Gasteiger partial charge in [-0.1, -0.05) is 0 Å². The van der Waals surface area contributed by atoms with Crippen molar-refractivity contribution in [1.29, 1.82) is 0 Å². The molecular formula is C17H16F2N6. The first-order valence-electron chi connectivity index (χ1n) is 7.95. The van der Waals surface area contributed by atoms with Gasteiger partial charge in [-0.2, -0.15) is 0 Å². The Morgan fingerprint density at radius 1 is 1.08 bits per heavy atom. The molecule has 1 atom stereocenters. The fourth-order valence-corrected chi connectivity index (χ4v) is 2.88. The Morgan fingerprint density at radius 2 is 1.92 bits per heavy atom. The third-order valence-corrected chi connectivity index (χ3v) is 4.33. The molecule has 6 nitrogen and oxygen atoms in total. The normalized spacial score (nSPS) is 20.0. The molecule has 8 heteroatoms. The minimum atomic E-state index is -2.95. The van der Waals surface area contributed by atoms with Gasteiger partial charge in [0.05, 0.1) is 29.5 Å². The predicted molar refractivity (Wildman–Crippen MR) is 90.3 cm³/mol. The molecule has 1 aliphatic heterocycles. The van der Waals surface area contributed by atoms with E-state index < -0.39 is 18.5 Å². The van der Waals surface area contributed by atoms with E-state index in [1.807, 2.05) is 18.2 Å². The van der Waals surface area contributed by atoms with Crippen LogP contribution in [0.15, 0.2) is 42.9 Å². The Hall–Kier alpha value is -2.74. The molecule has 128 valence electrons. The van der Waals surface area contributed by atoms with Gasteiger partial charge in [0.15, 0.2) is 0 Å². The SMILES string of the molecule is NC1CCN(c2nccc(-c3ccc4cnccc4n3)n2)CC1(F)F.